The number of amides is 2. The van der Waals surface area contributed by atoms with Gasteiger partial charge in [-0.3, -0.25) is 14.3 Å². The zero-order chi connectivity index (χ0) is 19.7. The van der Waals surface area contributed by atoms with E-state index in [-0.39, 0.29) is 17.7 Å². The normalized spacial score (nSPS) is 19.9. The van der Waals surface area contributed by atoms with Gasteiger partial charge in [-0.1, -0.05) is 0 Å². The molecule has 2 amide bonds. The lowest BCUT2D eigenvalue weighted by Crippen LogP contribution is -2.39. The third-order valence-corrected chi connectivity index (χ3v) is 5.55. The predicted molar refractivity (Wildman–Crippen MR) is 102 cm³/mol. The zero-order valence-electron chi connectivity index (χ0n) is 16.3. The molecule has 2 aromatic rings. The molecule has 2 aliphatic heterocycles. The number of piperidine rings is 1. The molecule has 0 saturated carbocycles. The number of hydrogen-bond acceptors (Lipinski definition) is 5. The molecule has 1 unspecified atom stereocenters. The molecular weight excluding hydrogens is 358 g/mol. The molecule has 0 spiro atoms. The first kappa shape index (κ1) is 18.5. The highest BCUT2D eigenvalue weighted by atomic mass is 16.5. The molecule has 8 heteroatoms. The molecule has 1 fully saturated rings. The summed E-state index contributed by atoms with van der Waals surface area (Å²) < 4.78 is 6.89. The van der Waals surface area contributed by atoms with Crippen LogP contribution in [0.25, 0.3) is 0 Å². The van der Waals surface area contributed by atoms with Crippen LogP contribution in [0.2, 0.25) is 0 Å². The fourth-order valence-corrected chi connectivity index (χ4v) is 3.95. The Labute approximate surface area is 164 Å². The molecule has 8 nitrogen and oxygen atoms in total. The van der Waals surface area contributed by atoms with Crippen LogP contribution in [0.3, 0.4) is 0 Å². The van der Waals surface area contributed by atoms with E-state index in [2.05, 4.69) is 4.98 Å². The van der Waals surface area contributed by atoms with Gasteiger partial charge in [-0.25, -0.2) is 4.98 Å². The van der Waals surface area contributed by atoms with Gasteiger partial charge in [0.15, 0.2) is 0 Å². The van der Waals surface area contributed by atoms with Crippen LogP contribution in [0.4, 0.5) is 0 Å². The lowest BCUT2D eigenvalue weighted by Gasteiger charge is -2.32. The number of fused-ring (bicyclic) bond motifs is 1. The molecule has 2 aromatic heterocycles. The van der Waals surface area contributed by atoms with Gasteiger partial charge in [-0.05, 0) is 31.4 Å². The van der Waals surface area contributed by atoms with Gasteiger partial charge in [0.1, 0.15) is 5.69 Å². The lowest BCUT2D eigenvalue weighted by atomic mass is 9.94. The van der Waals surface area contributed by atoms with E-state index in [1.54, 1.807) is 30.3 Å². The van der Waals surface area contributed by atoms with Crippen molar-refractivity contribution in [2.75, 3.05) is 33.8 Å². The van der Waals surface area contributed by atoms with Crippen molar-refractivity contribution < 1.29 is 14.3 Å². The molecule has 1 atom stereocenters. The van der Waals surface area contributed by atoms with Crippen molar-refractivity contribution in [1.29, 1.82) is 0 Å². The molecule has 4 rings (SSSR count). The molecule has 0 aromatic carbocycles. The van der Waals surface area contributed by atoms with Gasteiger partial charge in [0.05, 0.1) is 18.4 Å². The van der Waals surface area contributed by atoms with Gasteiger partial charge < -0.3 is 14.5 Å². The van der Waals surface area contributed by atoms with E-state index >= 15 is 0 Å². The minimum atomic E-state index is -0.0311. The number of carbonyl (C=O) groups is 2. The molecule has 2 aliphatic rings. The second kappa shape index (κ2) is 7.61. The number of pyridine rings is 1. The Morgan fingerprint density at radius 2 is 2.07 bits per heavy atom. The van der Waals surface area contributed by atoms with Crippen molar-refractivity contribution in [3.05, 3.63) is 41.3 Å². The molecule has 0 aliphatic carbocycles. The second-order valence-corrected chi connectivity index (χ2v) is 7.44. The molecule has 1 saturated heterocycles. The number of aryl methyl sites for hydroxylation is 1. The van der Waals surface area contributed by atoms with Crippen LogP contribution in [0.1, 0.15) is 51.7 Å². The summed E-state index contributed by atoms with van der Waals surface area (Å²) in [6, 6.07) is 5.35. The molecule has 0 radical (unpaired) electrons. The van der Waals surface area contributed by atoms with Gasteiger partial charge in [-0.2, -0.15) is 5.10 Å². The fourth-order valence-electron chi connectivity index (χ4n) is 3.95. The van der Waals surface area contributed by atoms with Crippen molar-refractivity contribution in [2.24, 2.45) is 0 Å². The van der Waals surface area contributed by atoms with Crippen LogP contribution in [0.5, 0.6) is 5.88 Å². The van der Waals surface area contributed by atoms with Crippen LogP contribution in [-0.4, -0.2) is 70.2 Å². The monoisotopic (exact) mass is 383 g/mol. The summed E-state index contributed by atoms with van der Waals surface area (Å²) in [4.78, 5) is 33.1. The molecular formula is C20H25N5O3. The molecule has 0 N–H and O–H groups in total. The topological polar surface area (TPSA) is 80.6 Å². The van der Waals surface area contributed by atoms with E-state index in [1.807, 2.05) is 22.7 Å². The van der Waals surface area contributed by atoms with Crippen LogP contribution < -0.4 is 4.74 Å². The SMILES string of the molecule is COc1ccc(C(=O)N2CCCC(c3cc4n(n3)CCCN(C)C4=O)C2)cn1. The third-order valence-electron chi connectivity index (χ3n) is 5.55. The molecule has 28 heavy (non-hydrogen) atoms. The maximum Gasteiger partial charge on any atom is 0.271 e. The largest absolute Gasteiger partial charge is 0.481 e. The summed E-state index contributed by atoms with van der Waals surface area (Å²) >= 11 is 0. The van der Waals surface area contributed by atoms with Crippen molar-refractivity contribution >= 4 is 11.8 Å². The predicted octanol–water partition coefficient (Wildman–Crippen LogP) is 1.78. The highest BCUT2D eigenvalue weighted by Gasteiger charge is 2.30. The number of ether oxygens (including phenoxy) is 1. The number of carbonyl (C=O) groups excluding carboxylic acids is 2. The molecule has 148 valence electrons. The van der Waals surface area contributed by atoms with E-state index in [0.717, 1.165) is 44.6 Å². The fraction of sp³-hybridized carbons (Fsp3) is 0.500. The smallest absolute Gasteiger partial charge is 0.271 e. The zero-order valence-corrected chi connectivity index (χ0v) is 16.3. The van der Waals surface area contributed by atoms with Crippen LogP contribution >= 0.6 is 0 Å². The van der Waals surface area contributed by atoms with E-state index in [0.29, 0.717) is 23.7 Å². The first-order chi connectivity index (χ1) is 13.6. The van der Waals surface area contributed by atoms with Gasteiger partial charge in [0.2, 0.25) is 5.88 Å². The summed E-state index contributed by atoms with van der Waals surface area (Å²) in [6.07, 6.45) is 4.33. The Balaban J connectivity index is 1.51. The summed E-state index contributed by atoms with van der Waals surface area (Å²) in [5.74, 6) is 0.615. The Kier molecular flexibility index (Phi) is 5.02. The van der Waals surface area contributed by atoms with Crippen LogP contribution in [-0.2, 0) is 6.54 Å². The van der Waals surface area contributed by atoms with E-state index < -0.39 is 0 Å². The highest BCUT2D eigenvalue weighted by Crippen LogP contribution is 2.28. The highest BCUT2D eigenvalue weighted by molar-refractivity contribution is 5.94. The molecule has 4 heterocycles. The maximum atomic E-state index is 12.9. The third kappa shape index (κ3) is 3.46. The number of hydrogen-bond donors (Lipinski definition) is 0. The van der Waals surface area contributed by atoms with Crippen LogP contribution in [0.15, 0.2) is 24.4 Å². The standard InChI is InChI=1S/C20H25N5O3/c1-23-8-4-10-25-17(20(23)27)11-16(22-25)15-5-3-9-24(13-15)19(26)14-6-7-18(28-2)21-12-14/h6-7,11-12,15H,3-5,8-10,13H2,1-2H3. The van der Waals surface area contributed by atoms with Crippen LogP contribution in [0, 0.1) is 0 Å². The van der Waals surface area contributed by atoms with Crippen molar-refractivity contribution in [3.63, 3.8) is 0 Å². The van der Waals surface area contributed by atoms with Crippen molar-refractivity contribution in [3.8, 4) is 5.88 Å². The number of aromatic nitrogens is 3. The Hall–Kier alpha value is -2.90. The van der Waals surface area contributed by atoms with Gasteiger partial charge in [0, 0.05) is 51.4 Å². The van der Waals surface area contributed by atoms with Crippen molar-refractivity contribution in [1.82, 2.24) is 24.6 Å². The summed E-state index contributed by atoms with van der Waals surface area (Å²) in [5, 5.41) is 4.71. The number of rotatable bonds is 3. The minimum Gasteiger partial charge on any atom is -0.481 e. The second-order valence-electron chi connectivity index (χ2n) is 7.44. The number of nitrogens with zero attached hydrogens (tertiary/aromatic N) is 5. The van der Waals surface area contributed by atoms with Gasteiger partial charge in [0.25, 0.3) is 11.8 Å². The van der Waals surface area contributed by atoms with E-state index in [4.69, 9.17) is 9.84 Å². The number of likely N-dealkylation sites (tertiary alicyclic amines) is 1. The average Bonchev–Trinajstić information content (AvgIpc) is 3.11. The quantitative estimate of drug-likeness (QED) is 0.807. The van der Waals surface area contributed by atoms with E-state index in [9.17, 15) is 9.59 Å². The summed E-state index contributed by atoms with van der Waals surface area (Å²) in [6.45, 7) is 2.82. The average molecular weight is 383 g/mol. The first-order valence-corrected chi connectivity index (χ1v) is 9.69. The lowest BCUT2D eigenvalue weighted by molar-refractivity contribution is 0.0704. The van der Waals surface area contributed by atoms with E-state index in [1.165, 1.54) is 0 Å². The minimum absolute atomic E-state index is 0.0179. The summed E-state index contributed by atoms with van der Waals surface area (Å²) in [5.41, 5.74) is 2.11. The summed E-state index contributed by atoms with van der Waals surface area (Å²) in [7, 11) is 3.38. The number of methoxy groups -OCH3 is 1. The maximum absolute atomic E-state index is 12.9. The first-order valence-electron chi connectivity index (χ1n) is 9.69. The van der Waals surface area contributed by atoms with Crippen molar-refractivity contribution in [2.45, 2.75) is 31.7 Å². The van der Waals surface area contributed by atoms with Gasteiger partial charge in [-0.15, -0.1) is 0 Å². The molecule has 0 bridgehead atoms. The van der Waals surface area contributed by atoms with Gasteiger partial charge >= 0.3 is 0 Å². The Bertz CT molecular complexity index is 876. The Morgan fingerprint density at radius 1 is 1.21 bits per heavy atom. The Morgan fingerprint density at radius 3 is 2.82 bits per heavy atom.